The lowest BCUT2D eigenvalue weighted by Gasteiger charge is -2.15. The second-order valence-corrected chi connectivity index (χ2v) is 12.4. The van der Waals surface area contributed by atoms with Gasteiger partial charge in [0, 0.05) is 39.4 Å². The lowest BCUT2D eigenvalue weighted by atomic mass is 10.1. The molecule has 216 valence electrons. The van der Waals surface area contributed by atoms with Crippen molar-refractivity contribution in [3.63, 3.8) is 0 Å². The highest BCUT2D eigenvalue weighted by Crippen LogP contribution is 2.34. The van der Waals surface area contributed by atoms with E-state index in [1.165, 1.54) is 31.3 Å². The minimum absolute atomic E-state index is 0.100. The maximum Gasteiger partial charge on any atom is 0.141 e. The number of rotatable bonds is 12. The third kappa shape index (κ3) is 6.98. The largest absolute Gasteiger partial charge is 0.487 e. The van der Waals surface area contributed by atoms with Gasteiger partial charge in [-0.1, -0.05) is 23.7 Å². The van der Waals surface area contributed by atoms with Crippen LogP contribution in [-0.2, 0) is 17.4 Å². The molecule has 6 rings (SSSR count). The van der Waals surface area contributed by atoms with Gasteiger partial charge in [0.05, 0.1) is 16.6 Å². The minimum Gasteiger partial charge on any atom is -0.487 e. The molecule has 0 saturated heterocycles. The molecule has 2 heterocycles. The molecule has 1 saturated carbocycles. The fourth-order valence-corrected chi connectivity index (χ4v) is 5.72. The smallest absolute Gasteiger partial charge is 0.141 e. The van der Waals surface area contributed by atoms with Crippen LogP contribution in [0.2, 0.25) is 5.02 Å². The molecule has 0 radical (unpaired) electrons. The summed E-state index contributed by atoms with van der Waals surface area (Å²) in [5.41, 5.74) is 3.09. The van der Waals surface area contributed by atoms with Gasteiger partial charge in [-0.15, -0.1) is 0 Å². The van der Waals surface area contributed by atoms with Crippen molar-refractivity contribution in [3.05, 3.63) is 101 Å². The quantitative estimate of drug-likeness (QED) is 0.153. The number of hydrogen-bond donors (Lipinski definition) is 2. The van der Waals surface area contributed by atoms with Crippen LogP contribution in [0.5, 0.6) is 5.75 Å². The number of aromatic nitrogens is 2. The number of furan rings is 1. The van der Waals surface area contributed by atoms with E-state index in [1.807, 2.05) is 36.4 Å². The van der Waals surface area contributed by atoms with E-state index in [2.05, 4.69) is 20.6 Å². The van der Waals surface area contributed by atoms with Crippen LogP contribution in [0, 0.1) is 11.7 Å². The third-order valence-electron chi connectivity index (χ3n) is 7.12. The van der Waals surface area contributed by atoms with Gasteiger partial charge < -0.3 is 19.8 Å². The van der Waals surface area contributed by atoms with Crippen molar-refractivity contribution in [2.75, 3.05) is 23.9 Å². The van der Waals surface area contributed by atoms with Gasteiger partial charge in [-0.25, -0.2) is 14.4 Å². The van der Waals surface area contributed by atoms with Crippen molar-refractivity contribution in [2.24, 2.45) is 5.92 Å². The summed E-state index contributed by atoms with van der Waals surface area (Å²) in [7, 11) is -0.960. The first-order chi connectivity index (χ1) is 20.4. The molecule has 0 aliphatic heterocycles. The molecule has 7 nitrogen and oxygen atoms in total. The molecule has 1 aliphatic carbocycles. The van der Waals surface area contributed by atoms with Gasteiger partial charge in [-0.05, 0) is 91.5 Å². The van der Waals surface area contributed by atoms with Gasteiger partial charge in [0.1, 0.15) is 41.8 Å². The first-order valence-corrected chi connectivity index (χ1v) is 15.8. The molecule has 2 N–H and O–H groups in total. The summed E-state index contributed by atoms with van der Waals surface area (Å²) < 4.78 is 37.6. The first-order valence-electron chi connectivity index (χ1n) is 13.7. The predicted octanol–water partition coefficient (Wildman–Crippen LogP) is 7.42. The Morgan fingerprint density at radius 1 is 1.10 bits per heavy atom. The summed E-state index contributed by atoms with van der Waals surface area (Å²) in [4.78, 5) is 8.90. The topological polar surface area (TPSA) is 89.3 Å². The second-order valence-electron chi connectivity index (χ2n) is 10.5. The van der Waals surface area contributed by atoms with E-state index in [-0.39, 0.29) is 18.5 Å². The summed E-state index contributed by atoms with van der Waals surface area (Å²) in [6, 6.07) is 21.3. The average molecular weight is 605 g/mol. The van der Waals surface area contributed by atoms with Crippen molar-refractivity contribution in [3.8, 4) is 17.1 Å². The average Bonchev–Trinajstić information content (AvgIpc) is 3.68. The van der Waals surface area contributed by atoms with Gasteiger partial charge in [-0.2, -0.15) is 0 Å². The maximum absolute atomic E-state index is 13.5. The zero-order valence-corrected chi connectivity index (χ0v) is 24.6. The fourth-order valence-electron chi connectivity index (χ4n) is 4.73. The SMILES string of the molecule is C[S@](=O)CC(NCC1CC1)c1ccc(-c2ccc3ncnc(Nc4ccc(OCc5cccc(F)c5)c(Cl)c4)c3c2)o1. The molecule has 0 amide bonds. The first kappa shape index (κ1) is 28.3. The fraction of sp³-hybridized carbons (Fsp3) is 0.250. The third-order valence-corrected chi connectivity index (χ3v) is 8.22. The van der Waals surface area contributed by atoms with Gasteiger partial charge in [0.25, 0.3) is 0 Å². The van der Waals surface area contributed by atoms with E-state index < -0.39 is 10.8 Å². The molecule has 3 aromatic carbocycles. The Bertz CT molecular complexity index is 1740. The zero-order chi connectivity index (χ0) is 29.1. The lowest BCUT2D eigenvalue weighted by molar-refractivity contribution is 0.306. The Labute approximate surface area is 250 Å². The number of nitrogens with one attached hydrogen (secondary N) is 2. The summed E-state index contributed by atoms with van der Waals surface area (Å²) >= 11 is 6.51. The highest BCUT2D eigenvalue weighted by atomic mass is 35.5. The van der Waals surface area contributed by atoms with E-state index in [4.69, 9.17) is 20.8 Å². The highest BCUT2D eigenvalue weighted by molar-refractivity contribution is 7.84. The van der Waals surface area contributed by atoms with Crippen molar-refractivity contribution in [2.45, 2.75) is 25.5 Å². The Kier molecular flexibility index (Phi) is 8.51. The highest BCUT2D eigenvalue weighted by Gasteiger charge is 2.25. The normalized spacial score (nSPS) is 14.5. The monoisotopic (exact) mass is 604 g/mol. The standard InChI is InChI=1S/C32H30ClFN4O3S/c1-42(39)18-28(35-16-20-5-6-20)31-12-11-29(41-31)22-7-9-27-25(14-22)32(37-19-36-27)38-24-8-10-30(26(33)15-24)40-17-21-3-2-4-23(34)13-21/h2-4,7-15,19-20,28,35H,5-6,16-18H2,1H3,(H,36,37,38)/t28?,42-/m0/s1. The maximum atomic E-state index is 13.5. The number of fused-ring (bicyclic) bond motifs is 1. The van der Waals surface area contributed by atoms with Crippen molar-refractivity contribution >= 4 is 44.8 Å². The van der Waals surface area contributed by atoms with Crippen LogP contribution < -0.4 is 15.4 Å². The molecule has 1 unspecified atom stereocenters. The number of ether oxygens (including phenoxy) is 1. The molecular formula is C32H30ClFN4O3S. The number of hydrogen-bond acceptors (Lipinski definition) is 7. The molecule has 0 bridgehead atoms. The molecule has 42 heavy (non-hydrogen) atoms. The number of halogens is 2. The van der Waals surface area contributed by atoms with Crippen LogP contribution in [0.25, 0.3) is 22.2 Å². The van der Waals surface area contributed by atoms with E-state index in [1.54, 1.807) is 30.5 Å². The van der Waals surface area contributed by atoms with Gasteiger partial charge in [-0.3, -0.25) is 4.21 Å². The lowest BCUT2D eigenvalue weighted by Crippen LogP contribution is -2.27. The summed E-state index contributed by atoms with van der Waals surface area (Å²) in [6.07, 6.45) is 5.71. The predicted molar refractivity (Wildman–Crippen MR) is 165 cm³/mol. The van der Waals surface area contributed by atoms with Crippen LogP contribution >= 0.6 is 11.6 Å². The molecule has 10 heteroatoms. The van der Waals surface area contributed by atoms with Gasteiger partial charge >= 0.3 is 0 Å². The van der Waals surface area contributed by atoms with E-state index >= 15 is 0 Å². The van der Waals surface area contributed by atoms with E-state index in [9.17, 15) is 8.60 Å². The minimum atomic E-state index is -0.960. The molecule has 1 aliphatic rings. The molecule has 0 spiro atoms. The Morgan fingerprint density at radius 3 is 2.76 bits per heavy atom. The van der Waals surface area contributed by atoms with Crippen molar-refractivity contribution < 1.29 is 17.8 Å². The Hall–Kier alpha value is -3.79. The molecule has 1 fully saturated rings. The molecular weight excluding hydrogens is 575 g/mol. The number of nitrogens with zero attached hydrogens (tertiary/aromatic N) is 2. The van der Waals surface area contributed by atoms with Crippen molar-refractivity contribution in [1.82, 2.24) is 15.3 Å². The van der Waals surface area contributed by atoms with Gasteiger partial charge in [0.2, 0.25) is 0 Å². The van der Waals surface area contributed by atoms with Crippen LogP contribution in [0.3, 0.4) is 0 Å². The summed E-state index contributed by atoms with van der Waals surface area (Å²) in [6.45, 7) is 1.11. The number of benzene rings is 3. The Balaban J connectivity index is 1.20. The van der Waals surface area contributed by atoms with Crippen molar-refractivity contribution in [1.29, 1.82) is 0 Å². The molecule has 2 aromatic heterocycles. The summed E-state index contributed by atoms with van der Waals surface area (Å²) in [5, 5.41) is 8.10. The van der Waals surface area contributed by atoms with Crippen LogP contribution in [-0.4, -0.2) is 32.7 Å². The second kappa shape index (κ2) is 12.6. The van der Waals surface area contributed by atoms with Crippen LogP contribution in [0.1, 0.15) is 30.2 Å². The zero-order valence-electron chi connectivity index (χ0n) is 23.0. The van der Waals surface area contributed by atoms with Crippen LogP contribution in [0.15, 0.2) is 83.5 Å². The molecule has 2 atom stereocenters. The van der Waals surface area contributed by atoms with Gasteiger partial charge in [0.15, 0.2) is 0 Å². The number of anilines is 2. The Morgan fingerprint density at radius 2 is 1.98 bits per heavy atom. The van der Waals surface area contributed by atoms with E-state index in [0.29, 0.717) is 39.6 Å². The summed E-state index contributed by atoms with van der Waals surface area (Å²) in [5.74, 6) is 3.49. The van der Waals surface area contributed by atoms with Crippen LogP contribution in [0.4, 0.5) is 15.9 Å². The van der Waals surface area contributed by atoms with E-state index in [0.717, 1.165) is 34.5 Å². The molecule has 5 aromatic rings.